The Labute approximate surface area is 132 Å². The van der Waals surface area contributed by atoms with E-state index < -0.39 is 0 Å². The first-order chi connectivity index (χ1) is 10.9. The third-order valence-electron chi connectivity index (χ3n) is 4.75. The highest BCUT2D eigenvalue weighted by atomic mass is 16.3. The number of fused-ring (bicyclic) bond motifs is 1. The van der Waals surface area contributed by atoms with Gasteiger partial charge in [-0.2, -0.15) is 0 Å². The van der Waals surface area contributed by atoms with Gasteiger partial charge in [-0.25, -0.2) is 0 Å². The van der Waals surface area contributed by atoms with Crippen molar-refractivity contribution in [1.82, 2.24) is 10.2 Å². The minimum atomic E-state index is 0.282. The van der Waals surface area contributed by atoms with Crippen molar-refractivity contribution in [2.45, 2.75) is 19.4 Å². The summed E-state index contributed by atoms with van der Waals surface area (Å²) in [5.74, 6) is 0.768. The molecule has 118 valence electrons. The van der Waals surface area contributed by atoms with Gasteiger partial charge in [0, 0.05) is 13.1 Å². The fraction of sp³-hybridized carbons (Fsp3) is 0.474. The summed E-state index contributed by atoms with van der Waals surface area (Å²) in [6, 6.07) is 15.1. The number of benzene rings is 2. The molecule has 1 heterocycles. The third kappa shape index (κ3) is 3.86. The standard InChI is InChI=1S/C19H26N2O/c22-13-12-21-10-8-16(9-11-21)14-20-15-18-6-3-5-17-4-1-2-7-19(17)18/h1-7,16,20,22H,8-15H2. The van der Waals surface area contributed by atoms with Crippen LogP contribution in [0, 0.1) is 5.92 Å². The second-order valence-corrected chi connectivity index (χ2v) is 6.28. The maximum atomic E-state index is 8.98. The first kappa shape index (κ1) is 15.5. The van der Waals surface area contributed by atoms with E-state index in [2.05, 4.69) is 52.7 Å². The van der Waals surface area contributed by atoms with Crippen molar-refractivity contribution in [3.63, 3.8) is 0 Å². The fourth-order valence-electron chi connectivity index (χ4n) is 3.41. The monoisotopic (exact) mass is 298 g/mol. The molecule has 22 heavy (non-hydrogen) atoms. The van der Waals surface area contributed by atoms with E-state index in [9.17, 15) is 0 Å². The van der Waals surface area contributed by atoms with E-state index in [0.29, 0.717) is 0 Å². The average molecular weight is 298 g/mol. The Kier molecular flexibility index (Phi) is 5.43. The van der Waals surface area contributed by atoms with Crippen LogP contribution in [0.4, 0.5) is 0 Å². The average Bonchev–Trinajstić information content (AvgIpc) is 2.57. The van der Waals surface area contributed by atoms with E-state index in [-0.39, 0.29) is 6.61 Å². The summed E-state index contributed by atoms with van der Waals surface area (Å²) >= 11 is 0. The van der Waals surface area contributed by atoms with Gasteiger partial charge in [0.1, 0.15) is 0 Å². The third-order valence-corrected chi connectivity index (χ3v) is 4.75. The Balaban J connectivity index is 1.49. The molecule has 1 saturated heterocycles. The molecule has 0 amide bonds. The minimum Gasteiger partial charge on any atom is -0.395 e. The van der Waals surface area contributed by atoms with Gasteiger partial charge in [-0.05, 0) is 54.7 Å². The van der Waals surface area contributed by atoms with E-state index in [0.717, 1.165) is 38.6 Å². The second kappa shape index (κ2) is 7.73. The molecule has 1 aliphatic heterocycles. The van der Waals surface area contributed by atoms with Gasteiger partial charge in [0.15, 0.2) is 0 Å². The van der Waals surface area contributed by atoms with Crippen molar-refractivity contribution in [3.8, 4) is 0 Å². The van der Waals surface area contributed by atoms with Crippen LogP contribution >= 0.6 is 0 Å². The Morgan fingerprint density at radius 2 is 1.82 bits per heavy atom. The Hall–Kier alpha value is -1.42. The van der Waals surface area contributed by atoms with Crippen LogP contribution < -0.4 is 5.32 Å². The van der Waals surface area contributed by atoms with Crippen LogP contribution in [0.1, 0.15) is 18.4 Å². The summed E-state index contributed by atoms with van der Waals surface area (Å²) in [4.78, 5) is 2.36. The van der Waals surface area contributed by atoms with Crippen molar-refractivity contribution >= 4 is 10.8 Å². The molecular formula is C19H26N2O. The highest BCUT2D eigenvalue weighted by Crippen LogP contribution is 2.19. The van der Waals surface area contributed by atoms with E-state index in [1.54, 1.807) is 0 Å². The molecule has 1 aliphatic rings. The summed E-state index contributed by atoms with van der Waals surface area (Å²) in [7, 11) is 0. The number of nitrogens with one attached hydrogen (secondary N) is 1. The lowest BCUT2D eigenvalue weighted by Crippen LogP contribution is -2.38. The van der Waals surface area contributed by atoms with E-state index in [1.807, 2.05) is 0 Å². The fourth-order valence-corrected chi connectivity index (χ4v) is 3.41. The zero-order chi connectivity index (χ0) is 15.2. The SMILES string of the molecule is OCCN1CCC(CNCc2cccc3ccccc23)CC1. The van der Waals surface area contributed by atoms with E-state index in [1.165, 1.54) is 29.2 Å². The van der Waals surface area contributed by atoms with Crippen LogP contribution in [0.3, 0.4) is 0 Å². The molecule has 0 saturated carbocycles. The van der Waals surface area contributed by atoms with Gasteiger partial charge in [0.25, 0.3) is 0 Å². The lowest BCUT2D eigenvalue weighted by Gasteiger charge is -2.31. The quantitative estimate of drug-likeness (QED) is 0.860. The molecule has 0 unspecified atom stereocenters. The van der Waals surface area contributed by atoms with Crippen LogP contribution in [0.2, 0.25) is 0 Å². The number of aliphatic hydroxyl groups is 1. The number of nitrogens with zero attached hydrogens (tertiary/aromatic N) is 1. The van der Waals surface area contributed by atoms with Crippen LogP contribution in [-0.2, 0) is 6.54 Å². The van der Waals surface area contributed by atoms with Crippen LogP contribution in [0.15, 0.2) is 42.5 Å². The Morgan fingerprint density at radius 3 is 2.64 bits per heavy atom. The lowest BCUT2D eigenvalue weighted by molar-refractivity contribution is 0.146. The number of rotatable bonds is 6. The van der Waals surface area contributed by atoms with Gasteiger partial charge in [0.05, 0.1) is 6.61 Å². The maximum Gasteiger partial charge on any atom is 0.0558 e. The highest BCUT2D eigenvalue weighted by molar-refractivity contribution is 5.85. The minimum absolute atomic E-state index is 0.282. The molecule has 3 heteroatoms. The zero-order valence-corrected chi connectivity index (χ0v) is 13.2. The van der Waals surface area contributed by atoms with Crippen molar-refractivity contribution < 1.29 is 5.11 Å². The molecule has 3 rings (SSSR count). The second-order valence-electron chi connectivity index (χ2n) is 6.28. The van der Waals surface area contributed by atoms with Crippen molar-refractivity contribution in [2.75, 3.05) is 32.8 Å². The number of hydrogen-bond donors (Lipinski definition) is 2. The number of likely N-dealkylation sites (tertiary alicyclic amines) is 1. The molecule has 0 radical (unpaired) electrons. The van der Waals surface area contributed by atoms with Gasteiger partial charge in [-0.1, -0.05) is 42.5 Å². The van der Waals surface area contributed by atoms with Gasteiger partial charge >= 0.3 is 0 Å². The van der Waals surface area contributed by atoms with Crippen molar-refractivity contribution in [3.05, 3.63) is 48.0 Å². The number of hydrogen-bond acceptors (Lipinski definition) is 3. The van der Waals surface area contributed by atoms with Crippen LogP contribution in [-0.4, -0.2) is 42.8 Å². The molecule has 0 bridgehead atoms. The summed E-state index contributed by atoms with van der Waals surface area (Å²) in [6.45, 7) is 5.40. The number of piperidine rings is 1. The highest BCUT2D eigenvalue weighted by Gasteiger charge is 2.18. The molecule has 0 atom stereocenters. The molecule has 0 spiro atoms. The molecular weight excluding hydrogens is 272 g/mol. The largest absolute Gasteiger partial charge is 0.395 e. The predicted molar refractivity (Wildman–Crippen MR) is 91.9 cm³/mol. The zero-order valence-electron chi connectivity index (χ0n) is 13.2. The molecule has 1 fully saturated rings. The topological polar surface area (TPSA) is 35.5 Å². The molecule has 2 N–H and O–H groups in total. The van der Waals surface area contributed by atoms with Crippen molar-refractivity contribution in [1.29, 1.82) is 0 Å². The molecule has 3 nitrogen and oxygen atoms in total. The summed E-state index contributed by atoms with van der Waals surface area (Å²) in [6.07, 6.45) is 2.48. The van der Waals surface area contributed by atoms with Crippen LogP contribution in [0.5, 0.6) is 0 Å². The number of aliphatic hydroxyl groups excluding tert-OH is 1. The van der Waals surface area contributed by atoms with Gasteiger partial charge in [0.2, 0.25) is 0 Å². The molecule has 0 aliphatic carbocycles. The lowest BCUT2D eigenvalue weighted by atomic mass is 9.96. The normalized spacial score (nSPS) is 17.1. The van der Waals surface area contributed by atoms with E-state index >= 15 is 0 Å². The summed E-state index contributed by atoms with van der Waals surface area (Å²) in [5, 5.41) is 15.3. The van der Waals surface area contributed by atoms with E-state index in [4.69, 9.17) is 5.11 Å². The van der Waals surface area contributed by atoms with Crippen molar-refractivity contribution in [2.24, 2.45) is 5.92 Å². The first-order valence-electron chi connectivity index (χ1n) is 8.37. The molecule has 0 aromatic heterocycles. The van der Waals surface area contributed by atoms with Gasteiger partial charge < -0.3 is 15.3 Å². The Morgan fingerprint density at radius 1 is 1.05 bits per heavy atom. The summed E-state index contributed by atoms with van der Waals surface area (Å²) < 4.78 is 0. The summed E-state index contributed by atoms with van der Waals surface area (Å²) in [5.41, 5.74) is 1.39. The van der Waals surface area contributed by atoms with Gasteiger partial charge in [-0.15, -0.1) is 0 Å². The van der Waals surface area contributed by atoms with Crippen LogP contribution in [0.25, 0.3) is 10.8 Å². The smallest absolute Gasteiger partial charge is 0.0558 e. The predicted octanol–water partition coefficient (Wildman–Crippen LogP) is 2.63. The molecule has 2 aromatic rings. The Bertz CT molecular complexity index is 586. The first-order valence-corrected chi connectivity index (χ1v) is 8.37. The number of β-amino-alcohol motifs (C(OH)–C–C–N with tert-alkyl or cyclic N) is 1. The maximum absolute atomic E-state index is 8.98. The van der Waals surface area contributed by atoms with Gasteiger partial charge in [-0.3, -0.25) is 0 Å². The molecule has 2 aromatic carbocycles.